The van der Waals surface area contributed by atoms with E-state index in [2.05, 4.69) is 25.3 Å². The number of halogens is 1. The van der Waals surface area contributed by atoms with E-state index >= 15 is 0 Å². The first-order chi connectivity index (χ1) is 9.22. The summed E-state index contributed by atoms with van der Waals surface area (Å²) in [7, 11) is 0. The third kappa shape index (κ3) is 2.38. The lowest BCUT2D eigenvalue weighted by Gasteiger charge is -2.04. The average Bonchev–Trinajstić information content (AvgIpc) is 2.85. The van der Waals surface area contributed by atoms with E-state index in [-0.39, 0.29) is 11.1 Å². The van der Waals surface area contributed by atoms with Crippen molar-refractivity contribution in [3.63, 3.8) is 0 Å². The topological polar surface area (TPSA) is 83.6 Å². The summed E-state index contributed by atoms with van der Waals surface area (Å²) in [5.41, 5.74) is 2.11. The van der Waals surface area contributed by atoms with Crippen LogP contribution in [0, 0.1) is 0 Å². The van der Waals surface area contributed by atoms with Crippen molar-refractivity contribution >= 4 is 34.4 Å². The van der Waals surface area contributed by atoms with Gasteiger partial charge in [0.1, 0.15) is 17.3 Å². The van der Waals surface area contributed by atoms with Gasteiger partial charge in [-0.05, 0) is 18.2 Å². The Morgan fingerprint density at radius 1 is 1.21 bits per heavy atom. The molecule has 1 aromatic carbocycles. The Bertz CT molecular complexity index is 754. The van der Waals surface area contributed by atoms with Gasteiger partial charge in [0.25, 0.3) is 5.91 Å². The Morgan fingerprint density at radius 3 is 2.95 bits per heavy atom. The lowest BCUT2D eigenvalue weighted by Crippen LogP contribution is -2.12. The standard InChI is InChI=1S/C12H8ClN5O/c13-10-4-11(17-6-16-10)18-12(19)7-1-2-8-9(3-7)15-5-14-8/h1-6H,(H,14,15)(H,16,17,18,19). The first kappa shape index (κ1) is 11.6. The first-order valence-corrected chi connectivity index (χ1v) is 5.82. The molecule has 94 valence electrons. The van der Waals surface area contributed by atoms with Gasteiger partial charge in [-0.2, -0.15) is 0 Å². The SMILES string of the molecule is O=C(Nc1cc(Cl)ncn1)c1ccc2nc[nH]c2c1. The molecule has 0 aliphatic carbocycles. The van der Waals surface area contributed by atoms with E-state index in [1.807, 2.05) is 0 Å². The third-order valence-electron chi connectivity index (χ3n) is 2.56. The summed E-state index contributed by atoms with van der Waals surface area (Å²) < 4.78 is 0. The van der Waals surface area contributed by atoms with E-state index in [0.717, 1.165) is 11.0 Å². The number of nitrogens with zero attached hydrogens (tertiary/aromatic N) is 3. The van der Waals surface area contributed by atoms with Crippen LogP contribution < -0.4 is 5.32 Å². The molecule has 0 spiro atoms. The maximum Gasteiger partial charge on any atom is 0.256 e. The van der Waals surface area contributed by atoms with Gasteiger partial charge in [0, 0.05) is 11.6 Å². The molecule has 0 aliphatic heterocycles. The minimum absolute atomic E-state index is 0.272. The van der Waals surface area contributed by atoms with Gasteiger partial charge in [0.2, 0.25) is 0 Å². The van der Waals surface area contributed by atoms with Gasteiger partial charge in [0.15, 0.2) is 0 Å². The summed E-state index contributed by atoms with van der Waals surface area (Å²) in [5.74, 6) is 0.0842. The average molecular weight is 274 g/mol. The summed E-state index contributed by atoms with van der Waals surface area (Å²) in [6.45, 7) is 0. The quantitative estimate of drug-likeness (QED) is 0.702. The van der Waals surface area contributed by atoms with E-state index in [1.165, 1.54) is 12.4 Å². The second kappa shape index (κ2) is 4.66. The van der Waals surface area contributed by atoms with E-state index in [9.17, 15) is 4.79 Å². The van der Waals surface area contributed by atoms with Crippen LogP contribution in [-0.2, 0) is 0 Å². The Kier molecular flexibility index (Phi) is 2.85. The number of carbonyl (C=O) groups is 1. The monoisotopic (exact) mass is 273 g/mol. The Balaban J connectivity index is 1.87. The number of hydrogen-bond acceptors (Lipinski definition) is 4. The zero-order valence-electron chi connectivity index (χ0n) is 9.59. The van der Waals surface area contributed by atoms with Crippen LogP contribution in [0.4, 0.5) is 5.82 Å². The molecule has 0 saturated carbocycles. The minimum Gasteiger partial charge on any atom is -0.345 e. The van der Waals surface area contributed by atoms with Crippen LogP contribution in [0.15, 0.2) is 36.9 Å². The second-order valence-corrected chi connectivity index (χ2v) is 4.20. The van der Waals surface area contributed by atoms with Crippen LogP contribution >= 0.6 is 11.6 Å². The lowest BCUT2D eigenvalue weighted by atomic mass is 10.2. The maximum absolute atomic E-state index is 12.0. The normalized spacial score (nSPS) is 10.6. The highest BCUT2D eigenvalue weighted by Gasteiger charge is 2.08. The van der Waals surface area contributed by atoms with Crippen molar-refractivity contribution in [3.05, 3.63) is 47.6 Å². The molecule has 0 unspecified atom stereocenters. The van der Waals surface area contributed by atoms with Crippen molar-refractivity contribution in [1.29, 1.82) is 0 Å². The van der Waals surface area contributed by atoms with E-state index in [1.54, 1.807) is 24.5 Å². The number of imidazole rings is 1. The minimum atomic E-state index is -0.272. The number of rotatable bonds is 2. The summed E-state index contributed by atoms with van der Waals surface area (Å²) >= 11 is 5.72. The van der Waals surface area contributed by atoms with Gasteiger partial charge in [0.05, 0.1) is 17.4 Å². The molecule has 1 amide bonds. The fourth-order valence-corrected chi connectivity index (χ4v) is 1.81. The number of nitrogens with one attached hydrogen (secondary N) is 2. The van der Waals surface area contributed by atoms with E-state index < -0.39 is 0 Å². The molecule has 0 atom stereocenters. The Morgan fingerprint density at radius 2 is 2.11 bits per heavy atom. The largest absolute Gasteiger partial charge is 0.345 e. The molecule has 0 bridgehead atoms. The summed E-state index contributed by atoms with van der Waals surface area (Å²) in [5, 5.41) is 2.92. The Labute approximate surface area is 112 Å². The second-order valence-electron chi connectivity index (χ2n) is 3.81. The molecule has 3 aromatic rings. The van der Waals surface area contributed by atoms with Gasteiger partial charge in [-0.15, -0.1) is 0 Å². The van der Waals surface area contributed by atoms with Crippen LogP contribution in [0.25, 0.3) is 11.0 Å². The molecule has 0 saturated heterocycles. The number of amides is 1. The highest BCUT2D eigenvalue weighted by molar-refractivity contribution is 6.29. The zero-order chi connectivity index (χ0) is 13.2. The predicted octanol–water partition coefficient (Wildman–Crippen LogP) is 2.26. The van der Waals surface area contributed by atoms with Crippen LogP contribution in [0.1, 0.15) is 10.4 Å². The summed E-state index contributed by atoms with van der Waals surface area (Å²) in [4.78, 5) is 26.7. The van der Waals surface area contributed by atoms with Crippen molar-refractivity contribution in [3.8, 4) is 0 Å². The molecule has 3 rings (SSSR count). The maximum atomic E-state index is 12.0. The van der Waals surface area contributed by atoms with Crippen molar-refractivity contribution in [1.82, 2.24) is 19.9 Å². The molecule has 19 heavy (non-hydrogen) atoms. The number of fused-ring (bicyclic) bond motifs is 1. The molecular weight excluding hydrogens is 266 g/mol. The fourth-order valence-electron chi connectivity index (χ4n) is 1.67. The van der Waals surface area contributed by atoms with Gasteiger partial charge in [-0.1, -0.05) is 11.6 Å². The van der Waals surface area contributed by atoms with Crippen LogP contribution in [0.5, 0.6) is 0 Å². The number of carbonyl (C=O) groups excluding carboxylic acids is 1. The molecule has 0 aliphatic rings. The predicted molar refractivity (Wildman–Crippen MR) is 71.1 cm³/mol. The number of H-pyrrole nitrogens is 1. The Hall–Kier alpha value is -2.47. The third-order valence-corrected chi connectivity index (χ3v) is 2.76. The van der Waals surface area contributed by atoms with Crippen LogP contribution in [0.2, 0.25) is 5.15 Å². The molecule has 7 heteroatoms. The molecule has 2 heterocycles. The van der Waals surface area contributed by atoms with Gasteiger partial charge in [-0.3, -0.25) is 4.79 Å². The lowest BCUT2D eigenvalue weighted by molar-refractivity contribution is 0.102. The van der Waals surface area contributed by atoms with Crippen LogP contribution in [0.3, 0.4) is 0 Å². The molecule has 2 N–H and O–H groups in total. The fraction of sp³-hybridized carbons (Fsp3) is 0. The number of hydrogen-bond donors (Lipinski definition) is 2. The summed E-state index contributed by atoms with van der Waals surface area (Å²) in [6.07, 6.45) is 2.87. The molecule has 0 radical (unpaired) electrons. The van der Waals surface area contributed by atoms with Crippen molar-refractivity contribution in [2.24, 2.45) is 0 Å². The number of anilines is 1. The van der Waals surface area contributed by atoms with E-state index in [4.69, 9.17) is 11.6 Å². The van der Waals surface area contributed by atoms with Crippen molar-refractivity contribution < 1.29 is 4.79 Å². The van der Waals surface area contributed by atoms with Gasteiger partial charge in [-0.25, -0.2) is 15.0 Å². The van der Waals surface area contributed by atoms with Crippen molar-refractivity contribution in [2.45, 2.75) is 0 Å². The number of benzene rings is 1. The first-order valence-electron chi connectivity index (χ1n) is 5.44. The zero-order valence-corrected chi connectivity index (χ0v) is 10.3. The van der Waals surface area contributed by atoms with Gasteiger partial charge >= 0.3 is 0 Å². The molecule has 2 aromatic heterocycles. The highest BCUT2D eigenvalue weighted by atomic mass is 35.5. The smallest absolute Gasteiger partial charge is 0.256 e. The summed E-state index contributed by atoms with van der Waals surface area (Å²) in [6, 6.07) is 6.67. The molecular formula is C12H8ClN5O. The number of aromatic amines is 1. The van der Waals surface area contributed by atoms with Gasteiger partial charge < -0.3 is 10.3 Å². The van der Waals surface area contributed by atoms with Crippen LogP contribution in [-0.4, -0.2) is 25.8 Å². The van der Waals surface area contributed by atoms with Crippen molar-refractivity contribution in [2.75, 3.05) is 5.32 Å². The molecule has 0 fully saturated rings. The number of aromatic nitrogens is 4. The highest BCUT2D eigenvalue weighted by Crippen LogP contribution is 2.14. The molecule has 6 nitrogen and oxygen atoms in total. The van der Waals surface area contributed by atoms with E-state index in [0.29, 0.717) is 11.4 Å².